The lowest BCUT2D eigenvalue weighted by Gasteiger charge is -2.11. The molecule has 0 spiro atoms. The van der Waals surface area contributed by atoms with Crippen molar-refractivity contribution in [2.75, 3.05) is 19.5 Å². The Morgan fingerprint density at radius 3 is 2.14 bits per heavy atom. The highest BCUT2D eigenvalue weighted by atomic mass is 32.2. The van der Waals surface area contributed by atoms with E-state index < -0.39 is 12.2 Å². The Kier molecular flexibility index (Phi) is 7.98. The number of hydrogen-bond donors (Lipinski definition) is 3. The molecule has 152 valence electrons. The van der Waals surface area contributed by atoms with Gasteiger partial charge in [0.2, 0.25) is 12.4 Å². The van der Waals surface area contributed by atoms with Gasteiger partial charge in [0.1, 0.15) is 5.82 Å². The Balaban J connectivity index is 2.34. The van der Waals surface area contributed by atoms with E-state index in [4.69, 9.17) is 0 Å². The van der Waals surface area contributed by atoms with Crippen molar-refractivity contribution in [1.29, 1.82) is 0 Å². The quantitative estimate of drug-likeness (QED) is 0.388. The SMILES string of the molecule is COC(=O)NC(=Nc1ccc(Sc2ccc(F)cc2)cc1NC=O)NC(=O)OC. The number of methoxy groups -OCH3 is 2. The summed E-state index contributed by atoms with van der Waals surface area (Å²) in [4.78, 5) is 39.6. The Labute approximate surface area is 169 Å². The van der Waals surface area contributed by atoms with Gasteiger partial charge in [-0.2, -0.15) is 0 Å². The van der Waals surface area contributed by atoms with Gasteiger partial charge in [-0.3, -0.25) is 15.4 Å². The maximum atomic E-state index is 13.0. The summed E-state index contributed by atoms with van der Waals surface area (Å²) in [6, 6.07) is 10.8. The number of amides is 3. The number of ether oxygens (including phenoxy) is 2. The standard InChI is InChI=1S/C18H17FN4O5S/c1-27-17(25)22-16(23-18(26)28-2)21-14-8-7-13(9-15(14)20-10-24)29-12-5-3-11(19)4-6-12/h3-10H,1-2H3,(H,20,24)(H2,21,22,23,25,26). The number of benzene rings is 2. The molecule has 11 heteroatoms. The Morgan fingerprint density at radius 2 is 1.59 bits per heavy atom. The number of carbonyl (C=O) groups is 3. The fraction of sp³-hybridized carbons (Fsp3) is 0.111. The summed E-state index contributed by atoms with van der Waals surface area (Å²) in [7, 11) is 2.29. The van der Waals surface area contributed by atoms with Crippen LogP contribution in [0, 0.1) is 5.82 Å². The van der Waals surface area contributed by atoms with Crippen molar-refractivity contribution in [3.63, 3.8) is 0 Å². The molecule has 0 fully saturated rings. The normalized spacial score (nSPS) is 9.76. The van der Waals surface area contributed by atoms with Crippen LogP contribution in [0.5, 0.6) is 0 Å². The van der Waals surface area contributed by atoms with Crippen LogP contribution in [0.25, 0.3) is 0 Å². The third-order valence-corrected chi connectivity index (χ3v) is 4.27. The van der Waals surface area contributed by atoms with Crippen molar-refractivity contribution in [2.45, 2.75) is 9.79 Å². The molecule has 0 saturated carbocycles. The van der Waals surface area contributed by atoms with E-state index in [1.54, 1.807) is 30.3 Å². The first-order chi connectivity index (χ1) is 13.9. The van der Waals surface area contributed by atoms with Crippen LogP contribution in [0.3, 0.4) is 0 Å². The monoisotopic (exact) mass is 420 g/mol. The summed E-state index contributed by atoms with van der Waals surface area (Å²) in [5, 5.41) is 6.96. The second-order valence-corrected chi connectivity index (χ2v) is 6.34. The molecule has 3 N–H and O–H groups in total. The minimum atomic E-state index is -0.867. The lowest BCUT2D eigenvalue weighted by Crippen LogP contribution is -2.43. The Hall–Kier alpha value is -3.60. The molecule has 2 aromatic carbocycles. The molecule has 0 unspecified atom stereocenters. The van der Waals surface area contributed by atoms with Crippen molar-refractivity contribution in [2.24, 2.45) is 4.99 Å². The van der Waals surface area contributed by atoms with E-state index >= 15 is 0 Å². The second kappa shape index (κ2) is 10.7. The third-order valence-electron chi connectivity index (χ3n) is 3.28. The second-order valence-electron chi connectivity index (χ2n) is 5.19. The molecule has 0 aliphatic heterocycles. The molecular formula is C18H17FN4O5S. The number of anilines is 1. The van der Waals surface area contributed by atoms with Crippen LogP contribution in [0.2, 0.25) is 0 Å². The first-order valence-electron chi connectivity index (χ1n) is 8.01. The van der Waals surface area contributed by atoms with Crippen LogP contribution in [-0.2, 0) is 14.3 Å². The molecule has 3 amide bonds. The molecular weight excluding hydrogens is 403 g/mol. The first-order valence-corrected chi connectivity index (χ1v) is 8.83. The van der Waals surface area contributed by atoms with Crippen molar-refractivity contribution < 1.29 is 28.2 Å². The number of halogens is 1. The van der Waals surface area contributed by atoms with Gasteiger partial charge < -0.3 is 14.8 Å². The number of carbonyl (C=O) groups excluding carboxylic acids is 3. The van der Waals surface area contributed by atoms with Gasteiger partial charge in [-0.05, 0) is 42.5 Å². The largest absolute Gasteiger partial charge is 0.453 e. The smallest absolute Gasteiger partial charge is 0.413 e. The number of guanidine groups is 1. The molecule has 0 radical (unpaired) electrons. The summed E-state index contributed by atoms with van der Waals surface area (Å²) in [5.41, 5.74) is 0.548. The number of nitrogens with zero attached hydrogens (tertiary/aromatic N) is 1. The van der Waals surface area contributed by atoms with Crippen molar-refractivity contribution in [3.8, 4) is 0 Å². The molecule has 0 aromatic heterocycles. The fourth-order valence-electron chi connectivity index (χ4n) is 2.00. The van der Waals surface area contributed by atoms with Crippen LogP contribution in [0.1, 0.15) is 0 Å². The molecule has 0 saturated heterocycles. The highest BCUT2D eigenvalue weighted by molar-refractivity contribution is 7.99. The zero-order valence-corrected chi connectivity index (χ0v) is 16.2. The molecule has 2 rings (SSSR count). The Morgan fingerprint density at radius 1 is 1.00 bits per heavy atom. The average molecular weight is 420 g/mol. The van der Waals surface area contributed by atoms with Crippen LogP contribution in [0.4, 0.5) is 25.4 Å². The minimum Gasteiger partial charge on any atom is -0.453 e. The van der Waals surface area contributed by atoms with Crippen LogP contribution in [-0.4, -0.2) is 38.8 Å². The molecule has 2 aromatic rings. The van der Waals surface area contributed by atoms with Gasteiger partial charge in [-0.25, -0.2) is 19.0 Å². The van der Waals surface area contributed by atoms with Gasteiger partial charge in [0.25, 0.3) is 0 Å². The minimum absolute atomic E-state index is 0.239. The summed E-state index contributed by atoms with van der Waals surface area (Å²) in [6.07, 6.45) is -1.27. The lowest BCUT2D eigenvalue weighted by molar-refractivity contribution is -0.105. The topological polar surface area (TPSA) is 118 Å². The predicted octanol–water partition coefficient (Wildman–Crippen LogP) is 3.24. The fourth-order valence-corrected chi connectivity index (χ4v) is 2.85. The predicted molar refractivity (Wildman–Crippen MR) is 105 cm³/mol. The van der Waals surface area contributed by atoms with Gasteiger partial charge in [0, 0.05) is 9.79 Å². The zero-order chi connectivity index (χ0) is 21.2. The number of aliphatic imine (C=N–C) groups is 1. The van der Waals surface area contributed by atoms with Crippen molar-refractivity contribution in [1.82, 2.24) is 10.6 Å². The molecule has 0 aliphatic rings. The van der Waals surface area contributed by atoms with E-state index in [0.29, 0.717) is 12.1 Å². The van der Waals surface area contributed by atoms with Gasteiger partial charge in [-0.15, -0.1) is 0 Å². The van der Waals surface area contributed by atoms with E-state index in [9.17, 15) is 18.8 Å². The van der Waals surface area contributed by atoms with Gasteiger partial charge in [0.15, 0.2) is 0 Å². The molecule has 0 atom stereocenters. The van der Waals surface area contributed by atoms with Crippen LogP contribution < -0.4 is 16.0 Å². The molecule has 0 bridgehead atoms. The lowest BCUT2D eigenvalue weighted by atomic mass is 10.2. The molecule has 29 heavy (non-hydrogen) atoms. The van der Waals surface area contributed by atoms with E-state index in [-0.39, 0.29) is 17.5 Å². The van der Waals surface area contributed by atoms with Crippen molar-refractivity contribution in [3.05, 3.63) is 48.3 Å². The maximum absolute atomic E-state index is 13.0. The van der Waals surface area contributed by atoms with E-state index in [0.717, 1.165) is 24.0 Å². The van der Waals surface area contributed by atoms with E-state index in [2.05, 4.69) is 30.4 Å². The summed E-state index contributed by atoms with van der Waals surface area (Å²) >= 11 is 1.34. The van der Waals surface area contributed by atoms with Gasteiger partial charge >= 0.3 is 12.2 Å². The van der Waals surface area contributed by atoms with Gasteiger partial charge in [-0.1, -0.05) is 11.8 Å². The molecule has 0 aliphatic carbocycles. The molecule has 0 heterocycles. The number of hydrogen-bond acceptors (Lipinski definition) is 7. The van der Waals surface area contributed by atoms with Gasteiger partial charge in [0.05, 0.1) is 25.6 Å². The Bertz CT molecular complexity index is 901. The summed E-state index contributed by atoms with van der Waals surface area (Å²) in [6.45, 7) is 0. The number of rotatable bonds is 5. The van der Waals surface area contributed by atoms with Crippen molar-refractivity contribution >= 4 is 47.7 Å². The zero-order valence-electron chi connectivity index (χ0n) is 15.4. The summed E-state index contributed by atoms with van der Waals surface area (Å²) < 4.78 is 22.0. The van der Waals surface area contributed by atoms with Crippen LogP contribution >= 0.6 is 11.8 Å². The average Bonchev–Trinajstić information content (AvgIpc) is 2.71. The number of nitrogens with one attached hydrogen (secondary N) is 3. The maximum Gasteiger partial charge on any atom is 0.413 e. The van der Waals surface area contributed by atoms with Crippen LogP contribution in [0.15, 0.2) is 57.2 Å². The van der Waals surface area contributed by atoms with E-state index in [1.165, 1.54) is 23.9 Å². The highest BCUT2D eigenvalue weighted by Crippen LogP contribution is 2.34. The number of alkyl carbamates (subject to hydrolysis) is 2. The van der Waals surface area contributed by atoms with E-state index in [1.807, 2.05) is 0 Å². The third kappa shape index (κ3) is 6.81. The molecule has 9 nitrogen and oxygen atoms in total. The first kappa shape index (κ1) is 21.7. The highest BCUT2D eigenvalue weighted by Gasteiger charge is 2.12. The summed E-state index contributed by atoms with van der Waals surface area (Å²) in [5.74, 6) is -0.609.